The van der Waals surface area contributed by atoms with Crippen molar-refractivity contribution in [3.63, 3.8) is 0 Å². The molecule has 76 valence electrons. The van der Waals surface area contributed by atoms with Crippen molar-refractivity contribution in [1.29, 1.82) is 0 Å². The zero-order valence-corrected chi connectivity index (χ0v) is 8.68. The molecule has 2 N–H and O–H groups in total. The van der Waals surface area contributed by atoms with Crippen LogP contribution in [0.3, 0.4) is 0 Å². The molecule has 0 saturated heterocycles. The van der Waals surface area contributed by atoms with Gasteiger partial charge in [0.25, 0.3) is 0 Å². The highest BCUT2D eigenvalue weighted by Crippen LogP contribution is 2.32. The van der Waals surface area contributed by atoms with E-state index in [1.807, 2.05) is 0 Å². The van der Waals surface area contributed by atoms with Crippen molar-refractivity contribution in [2.45, 2.75) is 0 Å². The minimum atomic E-state index is -0.314. The first-order chi connectivity index (χ1) is 6.69. The molecular formula is C9H11ClN2O2. The summed E-state index contributed by atoms with van der Waals surface area (Å²) >= 11 is 5.86. The zero-order valence-electron chi connectivity index (χ0n) is 7.93. The highest BCUT2D eigenvalue weighted by atomic mass is 35.5. The number of para-hydroxylation sites is 1. The highest BCUT2D eigenvalue weighted by molar-refractivity contribution is 6.32. The van der Waals surface area contributed by atoms with Gasteiger partial charge in [0.15, 0.2) is 5.75 Å². The van der Waals surface area contributed by atoms with E-state index in [-0.39, 0.29) is 6.03 Å². The summed E-state index contributed by atoms with van der Waals surface area (Å²) in [6, 6.07) is 4.82. The van der Waals surface area contributed by atoms with Crippen LogP contribution >= 0.6 is 11.6 Å². The highest BCUT2D eigenvalue weighted by Gasteiger charge is 2.08. The van der Waals surface area contributed by atoms with Crippen molar-refractivity contribution >= 4 is 23.3 Å². The zero-order chi connectivity index (χ0) is 10.6. The van der Waals surface area contributed by atoms with Crippen LogP contribution in [0.15, 0.2) is 18.2 Å². The van der Waals surface area contributed by atoms with Gasteiger partial charge in [0.1, 0.15) is 0 Å². The second kappa shape index (κ2) is 4.72. The van der Waals surface area contributed by atoms with Gasteiger partial charge in [-0.1, -0.05) is 17.7 Å². The normalized spacial score (nSPS) is 9.36. The van der Waals surface area contributed by atoms with Crippen LogP contribution in [0.1, 0.15) is 0 Å². The molecule has 0 radical (unpaired) electrons. The van der Waals surface area contributed by atoms with Gasteiger partial charge < -0.3 is 15.4 Å². The largest absolute Gasteiger partial charge is 0.493 e. The average molecular weight is 215 g/mol. The molecule has 0 spiro atoms. The van der Waals surface area contributed by atoms with E-state index in [1.165, 1.54) is 14.2 Å². The number of ether oxygens (including phenoxy) is 1. The van der Waals surface area contributed by atoms with Gasteiger partial charge in [-0.15, -0.1) is 0 Å². The number of nitrogens with one attached hydrogen (secondary N) is 2. The van der Waals surface area contributed by atoms with Crippen molar-refractivity contribution in [2.24, 2.45) is 0 Å². The SMILES string of the molecule is CNC(=O)Nc1cccc(Cl)c1OC. The number of hydrogen-bond acceptors (Lipinski definition) is 2. The number of halogens is 1. The summed E-state index contributed by atoms with van der Waals surface area (Å²) in [6.07, 6.45) is 0. The molecule has 0 aromatic heterocycles. The van der Waals surface area contributed by atoms with Crippen LogP contribution < -0.4 is 15.4 Å². The molecule has 0 unspecified atom stereocenters. The average Bonchev–Trinajstić information content (AvgIpc) is 2.18. The summed E-state index contributed by atoms with van der Waals surface area (Å²) in [5.74, 6) is 0.456. The lowest BCUT2D eigenvalue weighted by molar-refractivity contribution is 0.254. The van der Waals surface area contributed by atoms with Crippen molar-refractivity contribution in [2.75, 3.05) is 19.5 Å². The topological polar surface area (TPSA) is 50.4 Å². The lowest BCUT2D eigenvalue weighted by atomic mass is 10.3. The Morgan fingerprint density at radius 2 is 2.21 bits per heavy atom. The fraction of sp³-hybridized carbons (Fsp3) is 0.222. The summed E-state index contributed by atoms with van der Waals surface area (Å²) < 4.78 is 5.05. The Balaban J connectivity index is 2.96. The molecule has 0 bridgehead atoms. The second-order valence-corrected chi connectivity index (χ2v) is 2.93. The van der Waals surface area contributed by atoms with Crippen LogP contribution in [0.2, 0.25) is 5.02 Å². The smallest absolute Gasteiger partial charge is 0.319 e. The monoisotopic (exact) mass is 214 g/mol. The second-order valence-electron chi connectivity index (χ2n) is 2.52. The minimum Gasteiger partial charge on any atom is -0.493 e. The van der Waals surface area contributed by atoms with Crippen LogP contribution in [0.5, 0.6) is 5.75 Å². The molecule has 0 fully saturated rings. The molecular weight excluding hydrogens is 204 g/mol. The van der Waals surface area contributed by atoms with Crippen molar-refractivity contribution in [3.8, 4) is 5.75 Å². The van der Waals surface area contributed by atoms with E-state index in [2.05, 4.69) is 10.6 Å². The number of carbonyl (C=O) groups excluding carboxylic acids is 1. The van der Waals surface area contributed by atoms with Gasteiger partial charge in [-0.05, 0) is 12.1 Å². The van der Waals surface area contributed by atoms with E-state index in [0.717, 1.165) is 0 Å². The Bertz CT molecular complexity index is 342. The lowest BCUT2D eigenvalue weighted by Crippen LogP contribution is -2.24. The Hall–Kier alpha value is -1.42. The number of benzene rings is 1. The molecule has 0 aliphatic rings. The third-order valence-corrected chi connectivity index (χ3v) is 1.94. The van der Waals surface area contributed by atoms with Crippen LogP contribution in [0, 0.1) is 0 Å². The fourth-order valence-corrected chi connectivity index (χ4v) is 1.25. The van der Waals surface area contributed by atoms with Gasteiger partial charge >= 0.3 is 6.03 Å². The number of methoxy groups -OCH3 is 1. The third-order valence-electron chi connectivity index (χ3n) is 1.65. The number of amides is 2. The maximum absolute atomic E-state index is 11.0. The van der Waals surface area contributed by atoms with Gasteiger partial charge in [0.05, 0.1) is 17.8 Å². The van der Waals surface area contributed by atoms with Crippen molar-refractivity contribution in [3.05, 3.63) is 23.2 Å². The number of hydrogen-bond donors (Lipinski definition) is 2. The Morgan fingerprint density at radius 3 is 2.79 bits per heavy atom. The van der Waals surface area contributed by atoms with E-state index in [1.54, 1.807) is 18.2 Å². The molecule has 1 aromatic rings. The third kappa shape index (κ3) is 2.29. The molecule has 1 aromatic carbocycles. The predicted molar refractivity (Wildman–Crippen MR) is 56.1 cm³/mol. The first-order valence-corrected chi connectivity index (χ1v) is 4.38. The first kappa shape index (κ1) is 10.7. The molecule has 0 aliphatic carbocycles. The van der Waals surface area contributed by atoms with E-state index < -0.39 is 0 Å². The maximum Gasteiger partial charge on any atom is 0.319 e. The molecule has 5 heteroatoms. The van der Waals surface area contributed by atoms with Crippen molar-refractivity contribution < 1.29 is 9.53 Å². The Morgan fingerprint density at radius 1 is 1.50 bits per heavy atom. The lowest BCUT2D eigenvalue weighted by Gasteiger charge is -2.10. The standard InChI is InChI=1S/C9H11ClN2O2/c1-11-9(13)12-7-5-3-4-6(10)8(7)14-2/h3-5H,1-2H3,(H2,11,12,13). The molecule has 0 saturated carbocycles. The van der Waals surface area contributed by atoms with E-state index in [0.29, 0.717) is 16.5 Å². The molecule has 2 amide bonds. The van der Waals surface area contributed by atoms with Gasteiger partial charge in [-0.2, -0.15) is 0 Å². The van der Waals surface area contributed by atoms with Crippen LogP contribution in [-0.4, -0.2) is 20.2 Å². The number of anilines is 1. The van der Waals surface area contributed by atoms with Crippen LogP contribution in [0.25, 0.3) is 0 Å². The summed E-state index contributed by atoms with van der Waals surface area (Å²) in [5.41, 5.74) is 0.541. The summed E-state index contributed by atoms with van der Waals surface area (Å²) in [4.78, 5) is 11.0. The van der Waals surface area contributed by atoms with Gasteiger partial charge in [0, 0.05) is 7.05 Å². The number of urea groups is 1. The Kier molecular flexibility index (Phi) is 3.59. The number of rotatable bonds is 2. The molecule has 0 atom stereocenters. The van der Waals surface area contributed by atoms with Gasteiger partial charge in [0.2, 0.25) is 0 Å². The first-order valence-electron chi connectivity index (χ1n) is 4.00. The summed E-state index contributed by atoms with van der Waals surface area (Å²) in [6.45, 7) is 0. The molecule has 0 heterocycles. The van der Waals surface area contributed by atoms with Crippen LogP contribution in [-0.2, 0) is 0 Å². The van der Waals surface area contributed by atoms with E-state index in [4.69, 9.17) is 16.3 Å². The molecule has 0 aliphatic heterocycles. The Labute approximate surface area is 87.2 Å². The predicted octanol–water partition coefficient (Wildman–Crippen LogP) is 2.10. The quantitative estimate of drug-likeness (QED) is 0.792. The maximum atomic E-state index is 11.0. The molecule has 1 rings (SSSR count). The molecule has 14 heavy (non-hydrogen) atoms. The minimum absolute atomic E-state index is 0.314. The van der Waals surface area contributed by atoms with Crippen LogP contribution in [0.4, 0.5) is 10.5 Å². The fourth-order valence-electron chi connectivity index (χ4n) is 1.000. The van der Waals surface area contributed by atoms with Gasteiger partial charge in [-0.3, -0.25) is 0 Å². The molecule has 4 nitrogen and oxygen atoms in total. The van der Waals surface area contributed by atoms with Crippen molar-refractivity contribution in [1.82, 2.24) is 5.32 Å². The van der Waals surface area contributed by atoms with Gasteiger partial charge in [-0.25, -0.2) is 4.79 Å². The van der Waals surface area contributed by atoms with E-state index >= 15 is 0 Å². The van der Waals surface area contributed by atoms with E-state index in [9.17, 15) is 4.79 Å². The summed E-state index contributed by atoms with van der Waals surface area (Å²) in [5, 5.41) is 5.49. The summed E-state index contributed by atoms with van der Waals surface area (Å²) in [7, 11) is 3.03. The number of carbonyl (C=O) groups is 1.